The van der Waals surface area contributed by atoms with Crippen LogP contribution in [0.5, 0.6) is 0 Å². The van der Waals surface area contributed by atoms with Gasteiger partial charge in [0.1, 0.15) is 42.7 Å². The molecule has 2 aliphatic rings. The Labute approximate surface area is 148 Å². The molecule has 0 saturated carbocycles. The number of rotatable bonds is 5. The zero-order valence-electron chi connectivity index (χ0n) is 13.9. The second kappa shape index (κ2) is 8.84. The average Bonchev–Trinajstić information content (AvgIpc) is 2.60. The fourth-order valence-electron chi connectivity index (χ4n) is 2.87. The van der Waals surface area contributed by atoms with Crippen molar-refractivity contribution in [2.45, 2.75) is 68.3 Å². The van der Waals surface area contributed by atoms with E-state index >= 15 is 0 Å². The van der Waals surface area contributed by atoms with E-state index < -0.39 is 80.6 Å². The average molecular weight is 384 g/mol. The Hall–Kier alpha value is -0.930. The first-order valence-corrected chi connectivity index (χ1v) is 7.96. The Kier molecular flexibility index (Phi) is 7.27. The van der Waals surface area contributed by atoms with E-state index in [1.807, 2.05) is 0 Å². The standard InChI is InChI=1S/C14H24O12/c1-4(17)23-12-11(8(19)6(3-16)24-13(12)22)26-14-10(21)9(20)7(18)5(2-15)25-14/h5-16,18-22H,2-3H2,1H3/t5-,6-,7+,8+,9+,10-,11+,12-,13-,14+/m1/s1. The predicted molar refractivity (Wildman–Crippen MR) is 78.2 cm³/mol. The highest BCUT2D eigenvalue weighted by atomic mass is 16.7. The van der Waals surface area contributed by atoms with Gasteiger partial charge in [-0.2, -0.15) is 0 Å². The van der Waals surface area contributed by atoms with Crippen molar-refractivity contribution in [3.63, 3.8) is 0 Å². The first-order valence-electron chi connectivity index (χ1n) is 7.96. The second-order valence-electron chi connectivity index (χ2n) is 6.11. The van der Waals surface area contributed by atoms with E-state index in [2.05, 4.69) is 0 Å². The van der Waals surface area contributed by atoms with Crippen LogP contribution in [0.25, 0.3) is 0 Å². The van der Waals surface area contributed by atoms with Gasteiger partial charge in [-0.05, 0) is 0 Å². The molecular weight excluding hydrogens is 360 g/mol. The topological polar surface area (TPSA) is 196 Å². The number of hydrogen-bond donors (Lipinski definition) is 7. The largest absolute Gasteiger partial charge is 0.454 e. The number of hydrogen-bond acceptors (Lipinski definition) is 12. The number of carbonyl (C=O) groups excluding carboxylic acids is 1. The van der Waals surface area contributed by atoms with Crippen LogP contribution in [0.2, 0.25) is 0 Å². The van der Waals surface area contributed by atoms with Crippen LogP contribution in [-0.2, 0) is 23.7 Å². The van der Waals surface area contributed by atoms with Crippen molar-refractivity contribution < 1.29 is 59.5 Å². The smallest absolute Gasteiger partial charge is 0.303 e. The molecule has 0 spiro atoms. The Balaban J connectivity index is 2.21. The number of aliphatic hydroxyl groups is 7. The molecule has 2 rings (SSSR count). The van der Waals surface area contributed by atoms with Crippen LogP contribution >= 0.6 is 0 Å². The summed E-state index contributed by atoms with van der Waals surface area (Å²) in [6.07, 6.45) is -15.7. The minimum atomic E-state index is -1.77. The summed E-state index contributed by atoms with van der Waals surface area (Å²) in [5, 5.41) is 68.2. The summed E-state index contributed by atoms with van der Waals surface area (Å²) in [5.41, 5.74) is 0. The maximum Gasteiger partial charge on any atom is 0.303 e. The van der Waals surface area contributed by atoms with Crippen LogP contribution in [0.4, 0.5) is 0 Å². The summed E-state index contributed by atoms with van der Waals surface area (Å²) in [6, 6.07) is 0. The molecule has 0 unspecified atom stereocenters. The Morgan fingerprint density at radius 3 is 1.96 bits per heavy atom. The molecule has 0 aliphatic carbocycles. The second-order valence-corrected chi connectivity index (χ2v) is 6.11. The molecule has 0 bridgehead atoms. The van der Waals surface area contributed by atoms with E-state index in [-0.39, 0.29) is 0 Å². The molecule has 0 amide bonds. The lowest BCUT2D eigenvalue weighted by atomic mass is 9.97. The molecule has 2 heterocycles. The summed E-state index contributed by atoms with van der Waals surface area (Å²) >= 11 is 0. The molecule has 12 nitrogen and oxygen atoms in total. The molecule has 152 valence electrons. The molecule has 26 heavy (non-hydrogen) atoms. The molecule has 0 aromatic rings. The van der Waals surface area contributed by atoms with Gasteiger partial charge in [0.25, 0.3) is 0 Å². The predicted octanol–water partition coefficient (Wildman–Crippen LogP) is -4.83. The molecule has 2 aliphatic heterocycles. The zero-order chi connectivity index (χ0) is 19.6. The third-order valence-electron chi connectivity index (χ3n) is 4.26. The van der Waals surface area contributed by atoms with Gasteiger partial charge >= 0.3 is 5.97 Å². The van der Waals surface area contributed by atoms with E-state index in [0.717, 1.165) is 6.92 Å². The Bertz CT molecular complexity index is 473. The molecule has 10 atom stereocenters. The van der Waals surface area contributed by atoms with Crippen LogP contribution in [-0.4, -0.2) is 116 Å². The lowest BCUT2D eigenvalue weighted by Crippen LogP contribution is -2.65. The molecule has 2 fully saturated rings. The highest BCUT2D eigenvalue weighted by molar-refractivity contribution is 5.66. The van der Waals surface area contributed by atoms with Crippen LogP contribution < -0.4 is 0 Å². The van der Waals surface area contributed by atoms with Crippen molar-refractivity contribution in [1.82, 2.24) is 0 Å². The lowest BCUT2D eigenvalue weighted by molar-refractivity contribution is -0.356. The van der Waals surface area contributed by atoms with E-state index in [1.165, 1.54) is 0 Å². The zero-order valence-corrected chi connectivity index (χ0v) is 13.9. The van der Waals surface area contributed by atoms with Gasteiger partial charge in [-0.1, -0.05) is 0 Å². The van der Waals surface area contributed by atoms with Crippen molar-refractivity contribution in [1.29, 1.82) is 0 Å². The number of carbonyl (C=O) groups is 1. The van der Waals surface area contributed by atoms with Crippen molar-refractivity contribution in [3.05, 3.63) is 0 Å². The van der Waals surface area contributed by atoms with Gasteiger partial charge in [-0.3, -0.25) is 4.79 Å². The fourth-order valence-corrected chi connectivity index (χ4v) is 2.87. The van der Waals surface area contributed by atoms with Crippen molar-refractivity contribution in [3.8, 4) is 0 Å². The molecule has 0 radical (unpaired) electrons. The molecular formula is C14H24O12. The molecule has 7 N–H and O–H groups in total. The van der Waals surface area contributed by atoms with Crippen molar-refractivity contribution in [2.75, 3.05) is 13.2 Å². The summed E-state index contributed by atoms with van der Waals surface area (Å²) in [6.45, 7) is -0.349. The van der Waals surface area contributed by atoms with Gasteiger partial charge in [0, 0.05) is 6.92 Å². The normalized spacial score (nSPS) is 46.8. The van der Waals surface area contributed by atoms with Crippen molar-refractivity contribution >= 4 is 5.97 Å². The quantitative estimate of drug-likeness (QED) is 0.224. The Morgan fingerprint density at radius 1 is 0.846 bits per heavy atom. The number of aliphatic hydroxyl groups excluding tert-OH is 7. The van der Waals surface area contributed by atoms with E-state index in [4.69, 9.17) is 18.9 Å². The summed E-state index contributed by atoms with van der Waals surface area (Å²) < 4.78 is 20.4. The van der Waals surface area contributed by atoms with E-state index in [1.54, 1.807) is 0 Å². The SMILES string of the molecule is CC(=O)O[C@@H]1[C@@H](O[C@@H]2O[C@H](CO)[C@H](O)[C@H](O)[C@H]2O)[C@@H](O)[C@@H](CO)O[C@H]1O. The van der Waals surface area contributed by atoms with E-state index in [9.17, 15) is 40.5 Å². The maximum atomic E-state index is 11.2. The minimum absolute atomic E-state index is 0.695. The summed E-state index contributed by atoms with van der Waals surface area (Å²) in [4.78, 5) is 11.2. The number of ether oxygens (including phenoxy) is 4. The highest BCUT2D eigenvalue weighted by Gasteiger charge is 2.51. The lowest BCUT2D eigenvalue weighted by Gasteiger charge is -2.45. The van der Waals surface area contributed by atoms with Gasteiger partial charge in [0.15, 0.2) is 18.7 Å². The van der Waals surface area contributed by atoms with Crippen LogP contribution in [0.3, 0.4) is 0 Å². The van der Waals surface area contributed by atoms with Gasteiger partial charge in [-0.25, -0.2) is 0 Å². The minimum Gasteiger partial charge on any atom is -0.454 e. The van der Waals surface area contributed by atoms with Crippen molar-refractivity contribution in [2.24, 2.45) is 0 Å². The maximum absolute atomic E-state index is 11.2. The third kappa shape index (κ3) is 4.31. The molecule has 12 heteroatoms. The highest BCUT2D eigenvalue weighted by Crippen LogP contribution is 2.29. The molecule has 2 saturated heterocycles. The Morgan fingerprint density at radius 2 is 1.42 bits per heavy atom. The summed E-state index contributed by atoms with van der Waals surface area (Å²) in [7, 11) is 0. The monoisotopic (exact) mass is 384 g/mol. The first kappa shape index (κ1) is 21.4. The fraction of sp³-hybridized carbons (Fsp3) is 0.929. The first-order chi connectivity index (χ1) is 12.2. The van der Waals surface area contributed by atoms with Crippen LogP contribution in [0, 0.1) is 0 Å². The summed E-state index contributed by atoms with van der Waals surface area (Å²) in [5.74, 6) is -0.824. The van der Waals surface area contributed by atoms with Gasteiger partial charge in [0.05, 0.1) is 13.2 Å². The van der Waals surface area contributed by atoms with Crippen LogP contribution in [0.1, 0.15) is 6.92 Å². The van der Waals surface area contributed by atoms with Gasteiger partial charge < -0.3 is 54.7 Å². The number of esters is 1. The van der Waals surface area contributed by atoms with E-state index in [0.29, 0.717) is 0 Å². The third-order valence-corrected chi connectivity index (χ3v) is 4.26. The molecule has 0 aromatic heterocycles. The molecule has 0 aromatic carbocycles. The van der Waals surface area contributed by atoms with Gasteiger partial charge in [0.2, 0.25) is 0 Å². The van der Waals surface area contributed by atoms with Crippen LogP contribution in [0.15, 0.2) is 0 Å². The van der Waals surface area contributed by atoms with Gasteiger partial charge in [-0.15, -0.1) is 0 Å².